The van der Waals surface area contributed by atoms with Crippen molar-refractivity contribution in [2.75, 3.05) is 5.32 Å². The second-order valence-corrected chi connectivity index (χ2v) is 6.64. The number of thiophene rings is 1. The normalized spacial score (nSPS) is 10.8. The fraction of sp³-hybridized carbons (Fsp3) is 0.278. The Labute approximate surface area is 144 Å². The first-order valence-corrected chi connectivity index (χ1v) is 8.73. The van der Waals surface area contributed by atoms with Crippen molar-refractivity contribution in [3.05, 3.63) is 52.7 Å². The molecular formula is C18H19N3O2S. The van der Waals surface area contributed by atoms with Crippen LogP contribution >= 0.6 is 11.3 Å². The number of anilines is 1. The van der Waals surface area contributed by atoms with Crippen LogP contribution in [0.5, 0.6) is 0 Å². The molecule has 24 heavy (non-hydrogen) atoms. The summed E-state index contributed by atoms with van der Waals surface area (Å²) >= 11 is 1.57. The van der Waals surface area contributed by atoms with E-state index in [-0.39, 0.29) is 5.91 Å². The molecule has 1 aromatic carbocycles. The third-order valence-electron chi connectivity index (χ3n) is 3.79. The smallest absolute Gasteiger partial charge is 0.226 e. The van der Waals surface area contributed by atoms with Crippen LogP contribution < -0.4 is 5.32 Å². The fourth-order valence-corrected chi connectivity index (χ4v) is 2.95. The van der Waals surface area contributed by atoms with Gasteiger partial charge in [0, 0.05) is 18.5 Å². The summed E-state index contributed by atoms with van der Waals surface area (Å²) in [5, 5.41) is 8.86. The fourth-order valence-electron chi connectivity index (χ4n) is 2.31. The average Bonchev–Trinajstić information content (AvgIpc) is 3.22. The van der Waals surface area contributed by atoms with Crippen LogP contribution in [0.15, 0.2) is 40.2 Å². The van der Waals surface area contributed by atoms with E-state index < -0.39 is 0 Å². The first-order valence-electron chi connectivity index (χ1n) is 7.85. The molecule has 2 aromatic heterocycles. The molecule has 0 saturated heterocycles. The third-order valence-corrected chi connectivity index (χ3v) is 4.66. The van der Waals surface area contributed by atoms with Crippen molar-refractivity contribution in [3.8, 4) is 10.7 Å². The average molecular weight is 341 g/mol. The predicted molar refractivity (Wildman–Crippen MR) is 95.1 cm³/mol. The first kappa shape index (κ1) is 16.4. The summed E-state index contributed by atoms with van der Waals surface area (Å²) in [5.41, 5.74) is 3.21. The zero-order chi connectivity index (χ0) is 16.9. The van der Waals surface area contributed by atoms with Crippen LogP contribution in [0.3, 0.4) is 0 Å². The summed E-state index contributed by atoms with van der Waals surface area (Å²) in [7, 11) is 0. The van der Waals surface area contributed by atoms with Crippen LogP contribution in [0.4, 0.5) is 5.69 Å². The number of aryl methyl sites for hydroxylation is 3. The van der Waals surface area contributed by atoms with Crippen molar-refractivity contribution in [2.24, 2.45) is 0 Å². The van der Waals surface area contributed by atoms with E-state index in [0.29, 0.717) is 31.0 Å². The number of hydrogen-bond donors (Lipinski definition) is 1. The Kier molecular flexibility index (Phi) is 5.05. The predicted octanol–water partition coefficient (Wildman–Crippen LogP) is 4.38. The lowest BCUT2D eigenvalue weighted by Crippen LogP contribution is -2.11. The van der Waals surface area contributed by atoms with E-state index in [9.17, 15) is 4.79 Å². The third kappa shape index (κ3) is 4.08. The molecule has 0 radical (unpaired) electrons. The maximum Gasteiger partial charge on any atom is 0.226 e. The molecule has 2 heterocycles. The SMILES string of the molecule is Cc1ccc(NC(=O)CCCc2nc(-c3cccs3)no2)cc1C. The summed E-state index contributed by atoms with van der Waals surface area (Å²) in [6, 6.07) is 9.82. The highest BCUT2D eigenvalue weighted by atomic mass is 32.1. The van der Waals surface area contributed by atoms with Crippen LogP contribution in [0.2, 0.25) is 0 Å². The highest BCUT2D eigenvalue weighted by Crippen LogP contribution is 2.21. The molecule has 0 fully saturated rings. The van der Waals surface area contributed by atoms with Crippen LogP contribution in [-0.2, 0) is 11.2 Å². The van der Waals surface area contributed by atoms with Gasteiger partial charge >= 0.3 is 0 Å². The largest absolute Gasteiger partial charge is 0.339 e. The van der Waals surface area contributed by atoms with Gasteiger partial charge in [0.25, 0.3) is 0 Å². The summed E-state index contributed by atoms with van der Waals surface area (Å²) in [6.45, 7) is 4.08. The minimum atomic E-state index is -0.00347. The molecule has 1 amide bonds. The van der Waals surface area contributed by atoms with E-state index >= 15 is 0 Å². The topological polar surface area (TPSA) is 68.0 Å². The molecule has 0 unspecified atom stereocenters. The monoisotopic (exact) mass is 341 g/mol. The van der Waals surface area contributed by atoms with E-state index in [2.05, 4.69) is 22.4 Å². The molecule has 6 heteroatoms. The van der Waals surface area contributed by atoms with Gasteiger partial charge in [-0.15, -0.1) is 11.3 Å². The van der Waals surface area contributed by atoms with Gasteiger partial charge in [0.1, 0.15) is 0 Å². The molecule has 124 valence electrons. The standard InChI is InChI=1S/C18H19N3O2S/c1-12-8-9-14(11-13(12)2)19-16(22)6-3-7-17-20-18(21-23-17)15-5-4-10-24-15/h4-5,8-11H,3,6-7H2,1-2H3,(H,19,22). The second kappa shape index (κ2) is 7.40. The number of amides is 1. The zero-order valence-electron chi connectivity index (χ0n) is 13.7. The molecule has 5 nitrogen and oxygen atoms in total. The summed E-state index contributed by atoms with van der Waals surface area (Å²) in [5.74, 6) is 1.17. The second-order valence-electron chi connectivity index (χ2n) is 5.69. The Morgan fingerprint density at radius 1 is 1.25 bits per heavy atom. The summed E-state index contributed by atoms with van der Waals surface area (Å²) in [6.07, 6.45) is 1.69. The molecule has 0 bridgehead atoms. The van der Waals surface area contributed by atoms with Gasteiger partial charge in [-0.25, -0.2) is 0 Å². The quantitative estimate of drug-likeness (QED) is 0.722. The highest BCUT2D eigenvalue weighted by Gasteiger charge is 2.10. The molecule has 3 rings (SSSR count). The number of nitrogens with zero attached hydrogens (tertiary/aromatic N) is 2. The van der Waals surface area contributed by atoms with Crippen molar-refractivity contribution in [2.45, 2.75) is 33.1 Å². The number of carbonyl (C=O) groups is 1. The van der Waals surface area contributed by atoms with Crippen LogP contribution in [0, 0.1) is 13.8 Å². The number of benzene rings is 1. The van der Waals surface area contributed by atoms with Crippen LogP contribution in [0.1, 0.15) is 29.9 Å². The van der Waals surface area contributed by atoms with Crippen molar-refractivity contribution in [1.82, 2.24) is 10.1 Å². The summed E-state index contributed by atoms with van der Waals surface area (Å²) < 4.78 is 5.23. The van der Waals surface area contributed by atoms with Crippen LogP contribution in [-0.4, -0.2) is 16.0 Å². The zero-order valence-corrected chi connectivity index (χ0v) is 14.5. The minimum Gasteiger partial charge on any atom is -0.339 e. The van der Waals surface area contributed by atoms with E-state index in [1.165, 1.54) is 11.1 Å². The highest BCUT2D eigenvalue weighted by molar-refractivity contribution is 7.13. The molecule has 0 atom stereocenters. The Hall–Kier alpha value is -2.47. The lowest BCUT2D eigenvalue weighted by molar-refractivity contribution is -0.116. The van der Waals surface area contributed by atoms with Crippen molar-refractivity contribution < 1.29 is 9.32 Å². The molecule has 0 saturated carbocycles. The lowest BCUT2D eigenvalue weighted by atomic mass is 10.1. The van der Waals surface area contributed by atoms with Gasteiger partial charge in [-0.1, -0.05) is 17.3 Å². The van der Waals surface area contributed by atoms with Gasteiger partial charge in [-0.3, -0.25) is 4.79 Å². The van der Waals surface area contributed by atoms with Crippen LogP contribution in [0.25, 0.3) is 10.7 Å². The number of hydrogen-bond acceptors (Lipinski definition) is 5. The Morgan fingerprint density at radius 3 is 2.88 bits per heavy atom. The van der Waals surface area contributed by atoms with Gasteiger partial charge < -0.3 is 9.84 Å². The molecule has 0 aliphatic carbocycles. The molecule has 1 N–H and O–H groups in total. The molecule has 0 aliphatic rings. The Morgan fingerprint density at radius 2 is 2.12 bits per heavy atom. The number of carbonyl (C=O) groups excluding carboxylic acids is 1. The van der Waals surface area contributed by atoms with Gasteiger partial charge in [-0.2, -0.15) is 4.98 Å². The lowest BCUT2D eigenvalue weighted by Gasteiger charge is -2.07. The Bertz CT molecular complexity index is 825. The van der Waals surface area contributed by atoms with Gasteiger partial charge in [0.2, 0.25) is 17.6 Å². The van der Waals surface area contributed by atoms with E-state index in [1.54, 1.807) is 11.3 Å². The van der Waals surface area contributed by atoms with E-state index in [1.807, 2.05) is 42.6 Å². The number of rotatable bonds is 6. The maximum absolute atomic E-state index is 12.0. The molecular weight excluding hydrogens is 322 g/mol. The summed E-state index contributed by atoms with van der Waals surface area (Å²) in [4.78, 5) is 17.4. The van der Waals surface area contributed by atoms with E-state index in [0.717, 1.165) is 10.6 Å². The minimum absolute atomic E-state index is 0.00347. The maximum atomic E-state index is 12.0. The Balaban J connectivity index is 1.47. The molecule has 0 spiro atoms. The van der Waals surface area contributed by atoms with Gasteiger partial charge in [0.15, 0.2) is 0 Å². The number of aromatic nitrogens is 2. The first-order chi connectivity index (χ1) is 11.6. The van der Waals surface area contributed by atoms with Crippen molar-refractivity contribution in [1.29, 1.82) is 0 Å². The van der Waals surface area contributed by atoms with Gasteiger partial charge in [0.05, 0.1) is 4.88 Å². The molecule has 0 aliphatic heterocycles. The van der Waals surface area contributed by atoms with E-state index in [4.69, 9.17) is 4.52 Å². The van der Waals surface area contributed by atoms with Crippen molar-refractivity contribution in [3.63, 3.8) is 0 Å². The van der Waals surface area contributed by atoms with Gasteiger partial charge in [-0.05, 0) is 55.0 Å². The molecule has 3 aromatic rings. The number of nitrogens with one attached hydrogen (secondary N) is 1. The van der Waals surface area contributed by atoms with Crippen molar-refractivity contribution >= 4 is 22.9 Å².